The highest BCUT2D eigenvalue weighted by Gasteiger charge is 2.40. The van der Waals surface area contributed by atoms with Crippen molar-refractivity contribution in [1.82, 2.24) is 4.57 Å². The van der Waals surface area contributed by atoms with Crippen molar-refractivity contribution in [3.8, 4) is 0 Å². The fraction of sp³-hybridized carbons (Fsp3) is 0.333. The van der Waals surface area contributed by atoms with Gasteiger partial charge in [-0.3, -0.25) is 4.72 Å². The van der Waals surface area contributed by atoms with E-state index in [0.717, 1.165) is 22.7 Å². The van der Waals surface area contributed by atoms with Crippen LogP contribution in [-0.4, -0.2) is 44.2 Å². The number of sulfonamides is 1. The number of halogens is 1. The van der Waals surface area contributed by atoms with Gasteiger partial charge in [0.05, 0.1) is 29.6 Å². The Morgan fingerprint density at radius 1 is 1.21 bits per heavy atom. The normalized spacial score (nSPS) is 15.2. The average Bonchev–Trinajstić information content (AvgIpc) is 3.09. The van der Waals surface area contributed by atoms with Gasteiger partial charge in [0.25, 0.3) is 0 Å². The van der Waals surface area contributed by atoms with E-state index in [1.807, 2.05) is 42.0 Å². The summed E-state index contributed by atoms with van der Waals surface area (Å²) in [6, 6.07) is 14.6. The van der Waals surface area contributed by atoms with Gasteiger partial charge in [0.2, 0.25) is 10.0 Å². The van der Waals surface area contributed by atoms with E-state index in [9.17, 15) is 13.5 Å². The summed E-state index contributed by atoms with van der Waals surface area (Å²) in [4.78, 5) is 0. The number of rotatable bonds is 8. The fourth-order valence-electron chi connectivity index (χ4n) is 3.94. The molecule has 1 aromatic heterocycles. The molecule has 2 aromatic carbocycles. The number of nitrogens with zero attached hydrogens (tertiary/aromatic N) is 1. The molecule has 0 saturated heterocycles. The molecule has 0 aliphatic carbocycles. The van der Waals surface area contributed by atoms with Crippen molar-refractivity contribution in [3.63, 3.8) is 0 Å². The van der Waals surface area contributed by atoms with Gasteiger partial charge in [0.15, 0.2) is 0 Å². The van der Waals surface area contributed by atoms with Crippen LogP contribution in [0.3, 0.4) is 0 Å². The highest BCUT2D eigenvalue weighted by Crippen LogP contribution is 2.39. The number of aromatic nitrogens is 1. The van der Waals surface area contributed by atoms with E-state index in [0.29, 0.717) is 17.1 Å². The fourth-order valence-corrected chi connectivity index (χ4v) is 4.64. The second-order valence-corrected chi connectivity index (χ2v) is 9.24. The minimum Gasteiger partial charge on any atom is -0.388 e. The molecule has 2 atom stereocenters. The van der Waals surface area contributed by atoms with E-state index in [1.54, 1.807) is 31.4 Å². The predicted octanol–water partition coefficient (Wildman–Crippen LogP) is 3.83. The lowest BCUT2D eigenvalue weighted by Crippen LogP contribution is -2.47. The van der Waals surface area contributed by atoms with Gasteiger partial charge in [-0.05, 0) is 42.3 Å². The van der Waals surface area contributed by atoms with Crippen molar-refractivity contribution >= 4 is 38.2 Å². The van der Waals surface area contributed by atoms with Crippen LogP contribution >= 0.6 is 11.6 Å². The number of methoxy groups -OCH3 is 1. The molecular weight excluding hydrogens is 412 g/mol. The molecule has 3 rings (SSSR count). The summed E-state index contributed by atoms with van der Waals surface area (Å²) in [5, 5.41) is 12.5. The van der Waals surface area contributed by atoms with Gasteiger partial charge in [0.1, 0.15) is 6.10 Å². The van der Waals surface area contributed by atoms with Gasteiger partial charge in [-0.1, -0.05) is 36.7 Å². The third kappa shape index (κ3) is 4.14. The Bertz CT molecular complexity index is 1100. The largest absolute Gasteiger partial charge is 0.388 e. The minimum absolute atomic E-state index is 0.136. The van der Waals surface area contributed by atoms with Crippen molar-refractivity contribution in [3.05, 3.63) is 65.3 Å². The lowest BCUT2D eigenvalue weighted by molar-refractivity contribution is -0.00445. The number of ether oxygens (including phenoxy) is 1. The van der Waals surface area contributed by atoms with Crippen LogP contribution in [0.15, 0.2) is 54.7 Å². The second kappa shape index (κ2) is 8.36. The van der Waals surface area contributed by atoms with Crippen molar-refractivity contribution in [2.24, 2.45) is 0 Å². The van der Waals surface area contributed by atoms with Gasteiger partial charge in [-0.25, -0.2) is 8.42 Å². The maximum absolute atomic E-state index is 11.8. The first-order valence-electron chi connectivity index (χ1n) is 9.24. The zero-order chi connectivity index (χ0) is 21.2. The third-order valence-electron chi connectivity index (χ3n) is 5.22. The summed E-state index contributed by atoms with van der Waals surface area (Å²) < 4.78 is 33.4. The average molecular weight is 437 g/mol. The summed E-state index contributed by atoms with van der Waals surface area (Å²) >= 11 is 6.09. The molecule has 0 radical (unpaired) electrons. The number of fused-ring (bicyclic) bond motifs is 1. The molecule has 0 bridgehead atoms. The number of benzene rings is 2. The standard InChI is InChI=1S/C21H25ClN2O4S/c1-4-21(20(25)14-28-2,15-8-10-16(22)11-9-15)24-13-12-17-18(23-29(3,26)27)6-5-7-19(17)24/h5-13,20,23,25H,4,14H2,1-3H3. The first-order chi connectivity index (χ1) is 13.7. The molecule has 2 unspecified atom stereocenters. The van der Waals surface area contributed by atoms with E-state index in [4.69, 9.17) is 16.3 Å². The van der Waals surface area contributed by atoms with Crippen LogP contribution in [0.1, 0.15) is 18.9 Å². The zero-order valence-electron chi connectivity index (χ0n) is 16.6. The van der Waals surface area contributed by atoms with E-state index in [1.165, 1.54) is 0 Å². The Morgan fingerprint density at radius 2 is 1.90 bits per heavy atom. The van der Waals surface area contributed by atoms with Crippen molar-refractivity contribution in [2.45, 2.75) is 25.0 Å². The Morgan fingerprint density at radius 3 is 2.48 bits per heavy atom. The van der Waals surface area contributed by atoms with E-state index >= 15 is 0 Å². The van der Waals surface area contributed by atoms with Crippen LogP contribution in [0.5, 0.6) is 0 Å². The summed E-state index contributed by atoms with van der Waals surface area (Å²) in [5.41, 5.74) is 1.34. The molecule has 0 aliphatic heterocycles. The molecule has 3 aromatic rings. The maximum Gasteiger partial charge on any atom is 0.229 e. The molecule has 0 saturated carbocycles. The number of aliphatic hydroxyl groups is 1. The molecule has 0 fully saturated rings. The third-order valence-corrected chi connectivity index (χ3v) is 6.06. The van der Waals surface area contributed by atoms with Crippen LogP contribution in [-0.2, 0) is 20.3 Å². The first-order valence-corrected chi connectivity index (χ1v) is 11.5. The van der Waals surface area contributed by atoms with Crippen molar-refractivity contribution in [2.75, 3.05) is 24.7 Å². The molecule has 156 valence electrons. The molecular formula is C21H25ClN2O4S. The zero-order valence-corrected chi connectivity index (χ0v) is 18.2. The quantitative estimate of drug-likeness (QED) is 0.562. The van der Waals surface area contributed by atoms with Gasteiger partial charge < -0.3 is 14.4 Å². The summed E-state index contributed by atoms with van der Waals surface area (Å²) in [5.74, 6) is 0. The molecule has 2 N–H and O–H groups in total. The molecule has 29 heavy (non-hydrogen) atoms. The van der Waals surface area contributed by atoms with Crippen LogP contribution in [0.2, 0.25) is 5.02 Å². The summed E-state index contributed by atoms with van der Waals surface area (Å²) in [6.07, 6.45) is 2.72. The highest BCUT2D eigenvalue weighted by molar-refractivity contribution is 7.92. The van der Waals surface area contributed by atoms with Gasteiger partial charge >= 0.3 is 0 Å². The van der Waals surface area contributed by atoms with Crippen LogP contribution in [0.25, 0.3) is 10.9 Å². The van der Waals surface area contributed by atoms with Crippen molar-refractivity contribution in [1.29, 1.82) is 0 Å². The number of nitrogens with one attached hydrogen (secondary N) is 1. The number of aliphatic hydroxyl groups excluding tert-OH is 1. The lowest BCUT2D eigenvalue weighted by Gasteiger charge is -2.40. The molecule has 6 nitrogen and oxygen atoms in total. The summed E-state index contributed by atoms with van der Waals surface area (Å²) in [7, 11) is -1.88. The molecule has 1 heterocycles. The van der Waals surface area contributed by atoms with Gasteiger partial charge in [-0.2, -0.15) is 0 Å². The van der Waals surface area contributed by atoms with E-state index in [-0.39, 0.29) is 6.61 Å². The minimum atomic E-state index is -3.43. The Hall–Kier alpha value is -2.06. The summed E-state index contributed by atoms with van der Waals surface area (Å²) in [6.45, 7) is 2.13. The second-order valence-electron chi connectivity index (χ2n) is 7.05. The smallest absolute Gasteiger partial charge is 0.229 e. The van der Waals surface area contributed by atoms with E-state index in [2.05, 4.69) is 4.72 Å². The number of anilines is 1. The maximum atomic E-state index is 11.8. The predicted molar refractivity (Wildman–Crippen MR) is 117 cm³/mol. The Labute approximate surface area is 176 Å². The monoisotopic (exact) mass is 436 g/mol. The lowest BCUT2D eigenvalue weighted by atomic mass is 9.81. The Balaban J connectivity index is 2.27. The van der Waals surface area contributed by atoms with Crippen LogP contribution in [0.4, 0.5) is 5.69 Å². The van der Waals surface area contributed by atoms with Gasteiger partial charge in [-0.15, -0.1) is 0 Å². The molecule has 0 aliphatic rings. The number of hydrogen-bond donors (Lipinski definition) is 2. The Kier molecular flexibility index (Phi) is 6.24. The number of hydrogen-bond acceptors (Lipinski definition) is 4. The highest BCUT2D eigenvalue weighted by atomic mass is 35.5. The first kappa shape index (κ1) is 21.6. The topological polar surface area (TPSA) is 80.6 Å². The SMILES string of the molecule is CCC(c1ccc(Cl)cc1)(C(O)COC)n1ccc2c(NS(C)(=O)=O)cccc21. The molecule has 0 spiro atoms. The van der Waals surface area contributed by atoms with E-state index < -0.39 is 21.7 Å². The van der Waals surface area contributed by atoms with Crippen LogP contribution in [0, 0.1) is 0 Å². The van der Waals surface area contributed by atoms with Crippen LogP contribution < -0.4 is 4.72 Å². The molecule has 0 amide bonds. The van der Waals surface area contributed by atoms with Crippen molar-refractivity contribution < 1.29 is 18.3 Å². The molecule has 8 heteroatoms. The van der Waals surface area contributed by atoms with Gasteiger partial charge in [0, 0.05) is 23.7 Å².